The predicted octanol–water partition coefficient (Wildman–Crippen LogP) is 8.85. The Labute approximate surface area is 258 Å². The number of aromatic nitrogens is 3. The third kappa shape index (κ3) is 7.14. The summed E-state index contributed by atoms with van der Waals surface area (Å²) in [6.45, 7) is 4.09. The molecule has 0 aliphatic carbocycles. The molecule has 1 unspecified atom stereocenters. The Morgan fingerprint density at radius 1 is 0.854 bits per heavy atom. The van der Waals surface area contributed by atoms with Gasteiger partial charge >= 0.3 is 0 Å². The van der Waals surface area contributed by atoms with Gasteiger partial charge in [0.2, 0.25) is 0 Å². The van der Waals surface area contributed by atoms with Gasteiger partial charge in [-0.15, -0.1) is 10.2 Å². The predicted molar refractivity (Wildman–Crippen MR) is 169 cm³/mol. The molecule has 5 rings (SSSR count). The Bertz CT molecular complexity index is 1690. The molecule has 1 heterocycles. The van der Waals surface area contributed by atoms with E-state index in [-0.39, 0.29) is 10.9 Å². The fourth-order valence-electron chi connectivity index (χ4n) is 4.57. The summed E-state index contributed by atoms with van der Waals surface area (Å²) in [4.78, 5) is 13.5. The average molecular weight is 622 g/mol. The molecule has 9 heteroatoms. The second kappa shape index (κ2) is 13.1. The fraction of sp³-hybridized carbons (Fsp3) is 0.156. The second-order valence-corrected chi connectivity index (χ2v) is 11.9. The highest BCUT2D eigenvalue weighted by atomic mass is 35.5. The number of halogens is 3. The summed E-state index contributed by atoms with van der Waals surface area (Å²) in [5, 5.41) is 14.5. The Hall–Kier alpha value is -3.29. The van der Waals surface area contributed by atoms with E-state index < -0.39 is 6.04 Å². The van der Waals surface area contributed by atoms with Crippen LogP contribution in [0.4, 0.5) is 0 Å². The minimum absolute atomic E-state index is 0.273. The molecule has 0 saturated carbocycles. The van der Waals surface area contributed by atoms with Gasteiger partial charge in [0.05, 0.1) is 22.3 Å². The molecule has 5 nitrogen and oxygen atoms in total. The first-order chi connectivity index (χ1) is 19.8. The summed E-state index contributed by atoms with van der Waals surface area (Å²) >= 11 is 20.5. The van der Waals surface area contributed by atoms with Crippen LogP contribution >= 0.6 is 46.6 Å². The highest BCUT2D eigenvalue weighted by Crippen LogP contribution is 2.32. The maximum Gasteiger partial charge on any atom is 0.253 e. The number of carbonyl (C=O) groups excluding carboxylic acids is 1. The largest absolute Gasteiger partial charge is 0.342 e. The standard InChI is InChI=1S/C32H27Cl3N4OS/c1-20-7-6-10-23(15-20)19-41-32-38-37-30(39(32)29-18-25(34)12-11-21(29)2)28(16-22-8-4-3-5-9-22)36-31(40)26-14-13-24(33)17-27(26)35/h3-15,17-18,28H,16,19H2,1-2H3,(H,36,40). The van der Waals surface area contributed by atoms with Crippen LogP contribution in [-0.2, 0) is 12.2 Å². The van der Waals surface area contributed by atoms with Crippen molar-refractivity contribution in [3.05, 3.63) is 140 Å². The van der Waals surface area contributed by atoms with Crippen LogP contribution in [0.25, 0.3) is 5.69 Å². The van der Waals surface area contributed by atoms with Gasteiger partial charge in [0.15, 0.2) is 11.0 Å². The normalized spacial score (nSPS) is 11.8. The van der Waals surface area contributed by atoms with Crippen molar-refractivity contribution in [1.29, 1.82) is 0 Å². The van der Waals surface area contributed by atoms with Crippen LogP contribution < -0.4 is 5.32 Å². The smallest absolute Gasteiger partial charge is 0.253 e. The number of nitrogens with one attached hydrogen (secondary N) is 1. The molecule has 1 amide bonds. The van der Waals surface area contributed by atoms with E-state index >= 15 is 0 Å². The van der Waals surface area contributed by atoms with E-state index in [1.807, 2.05) is 60.0 Å². The minimum Gasteiger partial charge on any atom is -0.342 e. The lowest BCUT2D eigenvalue weighted by molar-refractivity contribution is 0.0934. The van der Waals surface area contributed by atoms with E-state index in [2.05, 4.69) is 46.7 Å². The van der Waals surface area contributed by atoms with Crippen molar-refractivity contribution in [2.75, 3.05) is 0 Å². The van der Waals surface area contributed by atoms with Crippen LogP contribution in [0.2, 0.25) is 15.1 Å². The van der Waals surface area contributed by atoms with Gasteiger partial charge in [-0.2, -0.15) is 0 Å². The Morgan fingerprint density at radius 3 is 2.34 bits per heavy atom. The first kappa shape index (κ1) is 29.2. The number of benzene rings is 4. The Balaban J connectivity index is 1.58. The zero-order valence-corrected chi connectivity index (χ0v) is 25.5. The molecule has 4 aromatic carbocycles. The summed E-state index contributed by atoms with van der Waals surface area (Å²) in [6.07, 6.45) is 0.484. The first-order valence-electron chi connectivity index (χ1n) is 13.0. The molecular formula is C32H27Cl3N4OS. The maximum absolute atomic E-state index is 13.5. The van der Waals surface area contributed by atoms with Crippen LogP contribution in [0.15, 0.2) is 96.2 Å². The van der Waals surface area contributed by atoms with Crippen molar-refractivity contribution in [3.63, 3.8) is 0 Å². The second-order valence-electron chi connectivity index (χ2n) is 9.72. The van der Waals surface area contributed by atoms with Gasteiger partial charge in [0.1, 0.15) is 0 Å². The maximum atomic E-state index is 13.5. The highest BCUT2D eigenvalue weighted by Gasteiger charge is 2.27. The minimum atomic E-state index is -0.532. The van der Waals surface area contributed by atoms with Crippen molar-refractivity contribution in [2.24, 2.45) is 0 Å². The molecular weight excluding hydrogens is 595 g/mol. The number of hydrogen-bond acceptors (Lipinski definition) is 4. The Kier molecular flexibility index (Phi) is 9.35. The van der Waals surface area contributed by atoms with Crippen molar-refractivity contribution in [3.8, 4) is 5.69 Å². The lowest BCUT2D eigenvalue weighted by Gasteiger charge is -2.21. The van der Waals surface area contributed by atoms with E-state index in [0.717, 1.165) is 16.8 Å². The zero-order chi connectivity index (χ0) is 28.9. The third-order valence-electron chi connectivity index (χ3n) is 6.60. The number of thioether (sulfide) groups is 1. The van der Waals surface area contributed by atoms with Crippen LogP contribution in [0.3, 0.4) is 0 Å². The molecule has 0 spiro atoms. The highest BCUT2D eigenvalue weighted by molar-refractivity contribution is 7.98. The van der Waals surface area contributed by atoms with Crippen LogP contribution in [-0.4, -0.2) is 20.7 Å². The van der Waals surface area contributed by atoms with Gasteiger partial charge in [-0.25, -0.2) is 0 Å². The van der Waals surface area contributed by atoms with Gasteiger partial charge < -0.3 is 5.32 Å². The fourth-order valence-corrected chi connectivity index (χ4v) is 6.12. The third-order valence-corrected chi connectivity index (χ3v) is 8.38. The molecule has 0 aliphatic heterocycles. The average Bonchev–Trinajstić information content (AvgIpc) is 3.37. The zero-order valence-electron chi connectivity index (χ0n) is 22.4. The molecule has 0 saturated heterocycles. The molecule has 208 valence electrons. The van der Waals surface area contributed by atoms with E-state index in [0.29, 0.717) is 38.8 Å². The van der Waals surface area contributed by atoms with Crippen LogP contribution in [0, 0.1) is 13.8 Å². The molecule has 0 bridgehead atoms. The van der Waals surface area contributed by atoms with Crippen molar-refractivity contribution in [2.45, 2.75) is 37.2 Å². The van der Waals surface area contributed by atoms with E-state index in [1.54, 1.807) is 30.0 Å². The number of rotatable bonds is 9. The molecule has 1 atom stereocenters. The summed E-state index contributed by atoms with van der Waals surface area (Å²) in [5.74, 6) is 0.957. The molecule has 0 fully saturated rings. The number of nitrogens with zero attached hydrogens (tertiary/aromatic N) is 3. The Morgan fingerprint density at radius 2 is 1.59 bits per heavy atom. The molecule has 1 N–H and O–H groups in total. The molecule has 1 aromatic heterocycles. The van der Waals surface area contributed by atoms with Crippen molar-refractivity contribution in [1.82, 2.24) is 20.1 Å². The van der Waals surface area contributed by atoms with E-state index in [9.17, 15) is 4.79 Å². The lowest BCUT2D eigenvalue weighted by Crippen LogP contribution is -2.32. The molecule has 0 radical (unpaired) electrons. The number of hydrogen-bond donors (Lipinski definition) is 1. The summed E-state index contributed by atoms with van der Waals surface area (Å²) < 4.78 is 2.00. The molecule has 5 aromatic rings. The SMILES string of the molecule is Cc1cccc(CSc2nnc(C(Cc3ccccc3)NC(=O)c3ccc(Cl)cc3Cl)n2-c2cc(Cl)ccc2C)c1. The summed E-state index contributed by atoms with van der Waals surface area (Å²) in [5.41, 5.74) is 5.59. The molecule has 0 aliphatic rings. The van der Waals surface area contributed by atoms with Crippen LogP contribution in [0.1, 0.15) is 44.5 Å². The van der Waals surface area contributed by atoms with Gasteiger partial charge in [-0.3, -0.25) is 9.36 Å². The number of aryl methyl sites for hydroxylation is 2. The van der Waals surface area contributed by atoms with Crippen LogP contribution in [0.5, 0.6) is 0 Å². The quantitative estimate of drug-likeness (QED) is 0.167. The summed E-state index contributed by atoms with van der Waals surface area (Å²) in [7, 11) is 0. The van der Waals surface area contributed by atoms with Crippen molar-refractivity contribution < 1.29 is 4.79 Å². The van der Waals surface area contributed by atoms with Gasteiger partial charge in [0, 0.05) is 15.8 Å². The van der Waals surface area contributed by atoms with Gasteiger partial charge in [-0.05, 0) is 67.3 Å². The van der Waals surface area contributed by atoms with Crippen molar-refractivity contribution >= 4 is 52.5 Å². The lowest BCUT2D eigenvalue weighted by atomic mass is 10.0. The monoisotopic (exact) mass is 620 g/mol. The number of carbonyl (C=O) groups is 1. The number of amides is 1. The van der Waals surface area contributed by atoms with Gasteiger partial charge in [0.25, 0.3) is 5.91 Å². The van der Waals surface area contributed by atoms with Gasteiger partial charge in [-0.1, -0.05) is 113 Å². The summed E-state index contributed by atoms with van der Waals surface area (Å²) in [6, 6.07) is 28.3. The first-order valence-corrected chi connectivity index (χ1v) is 15.1. The molecule has 41 heavy (non-hydrogen) atoms. The van der Waals surface area contributed by atoms with E-state index in [4.69, 9.17) is 34.8 Å². The van der Waals surface area contributed by atoms with E-state index in [1.165, 1.54) is 11.1 Å². The topological polar surface area (TPSA) is 59.8 Å².